The summed E-state index contributed by atoms with van der Waals surface area (Å²) in [7, 11) is -16.8. The van der Waals surface area contributed by atoms with Crippen LogP contribution in [-0.2, 0) is 57.3 Å². The number of unbranched alkanes of at least 4 members (excludes halogenated alkanes) is 2. The van der Waals surface area contributed by atoms with Crippen molar-refractivity contribution in [3.63, 3.8) is 0 Å². The molecule has 8 N–H and O–H groups in total. The maximum absolute atomic E-state index is 13.6. The van der Waals surface area contributed by atoms with Crippen molar-refractivity contribution in [2.45, 2.75) is 102 Å². The van der Waals surface area contributed by atoms with Crippen LogP contribution in [0.15, 0.2) is 41.3 Å². The second-order valence-electron chi connectivity index (χ2n) is 19.0. The molecule has 0 radical (unpaired) electrons. The number of hydrogen-bond donors (Lipinski definition) is 7. The van der Waals surface area contributed by atoms with Gasteiger partial charge in [-0.3, -0.25) is 13.9 Å². The number of aliphatic hydroxyl groups is 1. The molecule has 382 valence electrons. The second kappa shape index (κ2) is 20.0. The lowest BCUT2D eigenvalue weighted by atomic mass is 9.81. The number of carbonyl (C=O) groups is 1. The molecule has 0 spiro atoms. The van der Waals surface area contributed by atoms with Gasteiger partial charge in [0.1, 0.15) is 36.5 Å². The van der Waals surface area contributed by atoms with E-state index in [4.69, 9.17) is 25.0 Å². The first-order valence-electron chi connectivity index (χ1n) is 24.1. The van der Waals surface area contributed by atoms with Crippen molar-refractivity contribution in [3.05, 3.63) is 108 Å². The maximum Gasteiger partial charge on any atom is 0.490 e. The van der Waals surface area contributed by atoms with Gasteiger partial charge in [0.25, 0.3) is 5.91 Å². The summed E-state index contributed by atoms with van der Waals surface area (Å²) in [5, 5.41) is 16.3. The number of hydrogen-bond acceptors (Lipinski definition) is 14. The van der Waals surface area contributed by atoms with Crippen LogP contribution in [0.25, 0.3) is 5.57 Å². The van der Waals surface area contributed by atoms with E-state index < -0.39 is 54.2 Å². The molecule has 1 saturated heterocycles. The van der Waals surface area contributed by atoms with Crippen LogP contribution >= 0.6 is 23.5 Å². The van der Waals surface area contributed by atoms with Gasteiger partial charge >= 0.3 is 29.2 Å². The average Bonchev–Trinajstić information content (AvgIpc) is 3.69. The molecule has 1 amide bonds. The van der Waals surface area contributed by atoms with E-state index in [1.807, 2.05) is 12.1 Å². The van der Waals surface area contributed by atoms with E-state index in [1.165, 1.54) is 45.1 Å². The molecule has 0 aliphatic carbocycles. The molecule has 7 heterocycles. The Morgan fingerprint density at radius 1 is 0.931 bits per heavy atom. The Morgan fingerprint density at radius 2 is 1.68 bits per heavy atom. The van der Waals surface area contributed by atoms with E-state index in [2.05, 4.69) is 69.9 Å². The summed E-state index contributed by atoms with van der Waals surface area (Å²) in [5.74, 6) is 7.52. The number of nitrogens with one attached hydrogen (secondary N) is 1. The van der Waals surface area contributed by atoms with Crippen molar-refractivity contribution >= 4 is 46.5 Å². The molecule has 1 aromatic heterocycles. The molecule has 21 nitrogen and oxygen atoms in total. The maximum atomic E-state index is 13.6. The van der Waals surface area contributed by atoms with Gasteiger partial charge in [0.05, 0.1) is 23.8 Å². The van der Waals surface area contributed by atoms with E-state index >= 15 is 0 Å². The summed E-state index contributed by atoms with van der Waals surface area (Å²) < 4.78 is 63.0. The van der Waals surface area contributed by atoms with Gasteiger partial charge in [0.15, 0.2) is 6.23 Å². The molecule has 1 fully saturated rings. The molecule has 72 heavy (non-hydrogen) atoms. The summed E-state index contributed by atoms with van der Waals surface area (Å²) in [4.78, 5) is 69.3. The Bertz CT molecular complexity index is 3310. The molecule has 5 atom stereocenters. The van der Waals surface area contributed by atoms with Crippen molar-refractivity contribution in [1.29, 1.82) is 0 Å². The number of benzene rings is 3. The first kappa shape index (κ1) is 50.5. The van der Waals surface area contributed by atoms with Gasteiger partial charge in [-0.15, -0.1) is 0 Å². The lowest BCUT2D eigenvalue weighted by molar-refractivity contribution is -0.0523. The molecule has 24 heteroatoms. The number of anilines is 2. The fourth-order valence-electron chi connectivity index (χ4n) is 11.0. The van der Waals surface area contributed by atoms with Crippen LogP contribution < -0.4 is 41.5 Å². The SMILES string of the molecule is Cc1cc(C(=O)NCCCCC#Cc2cn(C3OC(COP(=O)(O)OP(=O)(O)OP(=O)(O)O)CC3O)c(=O)nc2N)ccc1C1=c2cc3c4c(c2Oc2c1cc1c5c2CCCN5CCC1)CCC[N+]=4CCC3. The number of nitrogens with zero attached hydrogens (tertiary/aromatic N) is 4. The summed E-state index contributed by atoms with van der Waals surface area (Å²) in [6.45, 7) is 5.98. The van der Waals surface area contributed by atoms with Crippen LogP contribution in [0.3, 0.4) is 0 Å². The number of aliphatic hydroxyl groups excluding tert-OH is 1. The molecule has 6 aliphatic rings. The van der Waals surface area contributed by atoms with Gasteiger partial charge in [-0.05, 0) is 99.2 Å². The number of nitrogen functional groups attached to an aromatic ring is 1. The van der Waals surface area contributed by atoms with Crippen LogP contribution in [0.4, 0.5) is 11.5 Å². The molecule has 6 aliphatic heterocycles. The van der Waals surface area contributed by atoms with Crippen molar-refractivity contribution in [2.24, 2.45) is 0 Å². The smallest absolute Gasteiger partial charge is 0.455 e. The van der Waals surface area contributed by atoms with E-state index in [0.717, 1.165) is 116 Å². The van der Waals surface area contributed by atoms with Gasteiger partial charge in [0, 0.05) is 90.2 Å². The number of amides is 1. The van der Waals surface area contributed by atoms with Gasteiger partial charge in [-0.1, -0.05) is 17.9 Å². The third kappa shape index (κ3) is 10.4. The van der Waals surface area contributed by atoms with E-state index in [1.54, 1.807) is 0 Å². The van der Waals surface area contributed by atoms with Gasteiger partial charge < -0.3 is 50.1 Å². The van der Waals surface area contributed by atoms with Crippen LogP contribution in [0.1, 0.15) is 112 Å². The number of ether oxygens (including phenoxy) is 2. The zero-order valence-electron chi connectivity index (χ0n) is 39.5. The van der Waals surface area contributed by atoms with Gasteiger partial charge in [-0.2, -0.15) is 13.6 Å². The molecule has 0 bridgehead atoms. The number of rotatable bonds is 14. The summed E-state index contributed by atoms with van der Waals surface area (Å²) in [6.07, 6.45) is 7.26. The molecular formula is C48H56N6O15P3+. The zero-order valence-corrected chi connectivity index (χ0v) is 42.1. The minimum Gasteiger partial charge on any atom is -0.455 e. The number of fused-ring (bicyclic) bond motifs is 4. The molecule has 3 aromatic carbocycles. The Kier molecular flexibility index (Phi) is 14.0. The van der Waals surface area contributed by atoms with E-state index in [9.17, 15) is 38.2 Å². The number of aromatic nitrogens is 2. The average molecular weight is 1050 g/mol. The van der Waals surface area contributed by atoms with Crippen LogP contribution in [0, 0.1) is 18.8 Å². The number of phosphoric ester groups is 1. The standard InChI is InChI=1S/C48H55N6O15P3/c1-28-22-31(15-16-34(28)40-37-23-29-11-6-18-52-20-8-13-35(41(29)52)43(37)67-44-36-14-9-21-53-19-7-12-30(42(36)53)24-38(40)44)46(56)50-17-5-3-2-4-10-32-26-54(48(57)51-45(32)49)47-39(55)25-33(66-47)27-65-71(61,62)69-72(63,64)68-70(58,59)60/h15-16,22-24,26,33,39,47,55H,2-3,5-9,11-14,17-21,25,27H2,1H3,(H6-,49,50,51,56,57,58,59,60,61,62,63,64)/p+1. The van der Waals surface area contributed by atoms with Crippen molar-refractivity contribution in [2.75, 3.05) is 50.0 Å². The molecule has 5 unspecified atom stereocenters. The summed E-state index contributed by atoms with van der Waals surface area (Å²) in [5.41, 5.74) is 17.1. The lowest BCUT2D eigenvalue weighted by Crippen LogP contribution is -2.45. The fraction of sp³-hybridized carbons (Fsp3) is 0.458. The Labute approximate surface area is 413 Å². The summed E-state index contributed by atoms with van der Waals surface area (Å²) >= 11 is 0. The second-order valence-corrected chi connectivity index (χ2v) is 23.4. The lowest BCUT2D eigenvalue weighted by Gasteiger charge is -2.39. The predicted octanol–water partition coefficient (Wildman–Crippen LogP) is 3.51. The largest absolute Gasteiger partial charge is 0.490 e. The number of nitrogens with two attached hydrogens (primary N) is 1. The third-order valence-corrected chi connectivity index (χ3v) is 17.7. The van der Waals surface area contributed by atoms with Crippen molar-refractivity contribution in [3.8, 4) is 23.3 Å². The summed E-state index contributed by atoms with van der Waals surface area (Å²) in [6, 6.07) is 10.8. The highest BCUT2D eigenvalue weighted by atomic mass is 31.3. The molecule has 10 rings (SSSR count). The monoisotopic (exact) mass is 1050 g/mol. The zero-order chi connectivity index (χ0) is 50.7. The highest BCUT2D eigenvalue weighted by Gasteiger charge is 2.43. The normalized spacial score (nSPS) is 21.5. The van der Waals surface area contributed by atoms with E-state index in [0.29, 0.717) is 31.4 Å². The number of carbonyl (C=O) groups excluding carboxylic acids is 1. The first-order valence-corrected chi connectivity index (χ1v) is 28.7. The van der Waals surface area contributed by atoms with Gasteiger partial charge in [-0.25, -0.2) is 23.1 Å². The third-order valence-electron chi connectivity index (χ3n) is 13.9. The first-order chi connectivity index (χ1) is 34.3. The van der Waals surface area contributed by atoms with Crippen molar-refractivity contribution in [1.82, 2.24) is 19.4 Å². The molecule has 4 aromatic rings. The quantitative estimate of drug-likeness (QED) is 0.0362. The molecular weight excluding hydrogens is 993 g/mol. The highest BCUT2D eigenvalue weighted by Crippen LogP contribution is 2.66. The fourth-order valence-corrected chi connectivity index (χ4v) is 14.1. The molecule has 0 saturated carbocycles. The van der Waals surface area contributed by atoms with Crippen LogP contribution in [0.5, 0.6) is 11.5 Å². The number of phosphoric acid groups is 3. The Morgan fingerprint density at radius 3 is 2.46 bits per heavy atom. The van der Waals surface area contributed by atoms with Crippen LogP contribution in [-0.4, -0.2) is 91.7 Å². The van der Waals surface area contributed by atoms with Crippen LogP contribution in [0.2, 0.25) is 0 Å². The minimum atomic E-state index is -5.74. The number of aryl methyl sites for hydroxylation is 3. The van der Waals surface area contributed by atoms with Gasteiger partial charge in [0.2, 0.25) is 5.36 Å². The highest BCUT2D eigenvalue weighted by molar-refractivity contribution is 7.66. The van der Waals surface area contributed by atoms with Crippen molar-refractivity contribution < 1.29 is 65.8 Å². The predicted molar refractivity (Wildman–Crippen MR) is 262 cm³/mol. The Hall–Kier alpha value is -5.03. The minimum absolute atomic E-state index is 0.154. The Balaban J connectivity index is 0.791. The van der Waals surface area contributed by atoms with E-state index in [-0.39, 0.29) is 23.7 Å². The topological polar surface area (TPSA) is 295 Å².